The molecule has 0 aliphatic carbocycles. The molecule has 0 spiro atoms. The lowest BCUT2D eigenvalue weighted by atomic mass is 10.1. The van der Waals surface area contributed by atoms with Gasteiger partial charge in [0.2, 0.25) is 0 Å². The lowest BCUT2D eigenvalue weighted by molar-refractivity contribution is -0.384. The van der Waals surface area contributed by atoms with Gasteiger partial charge in [0, 0.05) is 17.7 Å². The number of hydrogen-bond donors (Lipinski definition) is 0. The molecular formula is C15H14ClNO3. The van der Waals surface area contributed by atoms with Crippen molar-refractivity contribution in [3.05, 3.63) is 69.3 Å². The van der Waals surface area contributed by atoms with Crippen LogP contribution in [0.5, 0.6) is 5.75 Å². The molecule has 0 heterocycles. The van der Waals surface area contributed by atoms with Crippen LogP contribution in [0, 0.1) is 17.0 Å². The quantitative estimate of drug-likeness (QED) is 0.471. The van der Waals surface area contributed by atoms with Crippen LogP contribution >= 0.6 is 11.6 Å². The summed E-state index contributed by atoms with van der Waals surface area (Å²) < 4.78 is 5.68. The first-order chi connectivity index (χ1) is 9.60. The Labute approximate surface area is 122 Å². The second-order valence-electron chi connectivity index (χ2n) is 4.46. The molecule has 0 aliphatic rings. The predicted molar refractivity (Wildman–Crippen MR) is 78.2 cm³/mol. The zero-order valence-electron chi connectivity index (χ0n) is 11.0. The largest absolute Gasteiger partial charge is 0.489 e. The van der Waals surface area contributed by atoms with Crippen LogP contribution in [0.4, 0.5) is 5.69 Å². The van der Waals surface area contributed by atoms with Gasteiger partial charge in [0.15, 0.2) is 0 Å². The number of halogens is 1. The van der Waals surface area contributed by atoms with E-state index in [9.17, 15) is 10.1 Å². The lowest BCUT2D eigenvalue weighted by Gasteiger charge is -2.10. The fraction of sp³-hybridized carbons (Fsp3) is 0.200. The Morgan fingerprint density at radius 3 is 2.50 bits per heavy atom. The van der Waals surface area contributed by atoms with Crippen molar-refractivity contribution in [1.82, 2.24) is 0 Å². The predicted octanol–water partition coefficient (Wildman–Crippen LogP) is 4.22. The summed E-state index contributed by atoms with van der Waals surface area (Å²) in [5.74, 6) is 0.747. The van der Waals surface area contributed by atoms with E-state index in [1.807, 2.05) is 31.2 Å². The molecule has 0 unspecified atom stereocenters. The third-order valence-electron chi connectivity index (χ3n) is 2.91. The van der Waals surface area contributed by atoms with Crippen molar-refractivity contribution in [2.24, 2.45) is 0 Å². The number of nitro groups is 1. The minimum atomic E-state index is -0.445. The number of rotatable bonds is 5. The Morgan fingerprint density at radius 2 is 1.90 bits per heavy atom. The van der Waals surface area contributed by atoms with Crippen LogP contribution in [0.15, 0.2) is 42.5 Å². The third-order valence-corrected chi connectivity index (χ3v) is 3.20. The molecule has 0 saturated heterocycles. The number of non-ortho nitro benzene ring substituents is 1. The van der Waals surface area contributed by atoms with Crippen LogP contribution in [-0.2, 0) is 12.5 Å². The second kappa shape index (κ2) is 6.39. The summed E-state index contributed by atoms with van der Waals surface area (Å²) in [6.45, 7) is 2.43. The molecule has 0 fully saturated rings. The molecule has 2 aromatic carbocycles. The molecule has 0 aromatic heterocycles. The molecule has 0 aliphatic heterocycles. The van der Waals surface area contributed by atoms with Crippen molar-refractivity contribution < 1.29 is 9.66 Å². The first-order valence-electron chi connectivity index (χ1n) is 6.12. The topological polar surface area (TPSA) is 52.4 Å². The summed E-state index contributed by atoms with van der Waals surface area (Å²) in [5, 5.41) is 10.7. The van der Waals surface area contributed by atoms with Gasteiger partial charge in [-0.15, -0.1) is 11.6 Å². The van der Waals surface area contributed by atoms with Crippen LogP contribution in [0.2, 0.25) is 0 Å². The van der Waals surface area contributed by atoms with Gasteiger partial charge < -0.3 is 4.74 Å². The Kier molecular flexibility index (Phi) is 4.58. The van der Waals surface area contributed by atoms with E-state index >= 15 is 0 Å². The Morgan fingerprint density at radius 1 is 1.20 bits per heavy atom. The van der Waals surface area contributed by atoms with E-state index in [-0.39, 0.29) is 11.6 Å². The van der Waals surface area contributed by atoms with Crippen molar-refractivity contribution in [3.63, 3.8) is 0 Å². The van der Waals surface area contributed by atoms with Gasteiger partial charge in [0.1, 0.15) is 12.4 Å². The van der Waals surface area contributed by atoms with Crippen molar-refractivity contribution in [3.8, 4) is 5.75 Å². The Hall–Kier alpha value is -2.07. The molecule has 0 radical (unpaired) electrons. The van der Waals surface area contributed by atoms with Gasteiger partial charge in [-0.05, 0) is 18.6 Å². The van der Waals surface area contributed by atoms with Gasteiger partial charge in [-0.2, -0.15) is 0 Å². The summed E-state index contributed by atoms with van der Waals surface area (Å²) in [6.07, 6.45) is 0. The normalized spacial score (nSPS) is 10.3. The summed E-state index contributed by atoms with van der Waals surface area (Å²) in [7, 11) is 0. The van der Waals surface area contributed by atoms with Gasteiger partial charge in [-0.25, -0.2) is 0 Å². The molecule has 2 rings (SSSR count). The highest BCUT2D eigenvalue weighted by Crippen LogP contribution is 2.26. The zero-order chi connectivity index (χ0) is 14.5. The number of aryl methyl sites for hydroxylation is 1. The number of alkyl halides is 1. The molecule has 0 bridgehead atoms. The van der Waals surface area contributed by atoms with Crippen LogP contribution in [0.3, 0.4) is 0 Å². The molecular weight excluding hydrogens is 278 g/mol. The minimum absolute atomic E-state index is 0.0170. The van der Waals surface area contributed by atoms with Crippen LogP contribution in [-0.4, -0.2) is 4.92 Å². The molecule has 0 atom stereocenters. The summed E-state index contributed by atoms with van der Waals surface area (Å²) in [6, 6.07) is 12.4. The number of ether oxygens (including phenoxy) is 1. The smallest absolute Gasteiger partial charge is 0.270 e. The number of hydrogen-bond acceptors (Lipinski definition) is 3. The Balaban J connectivity index is 2.12. The van der Waals surface area contributed by atoms with Gasteiger partial charge in [-0.3, -0.25) is 10.1 Å². The van der Waals surface area contributed by atoms with E-state index < -0.39 is 4.92 Å². The molecule has 0 amide bonds. The maximum Gasteiger partial charge on any atom is 0.270 e. The Bertz CT molecular complexity index is 611. The van der Waals surface area contributed by atoms with Crippen LogP contribution in [0.1, 0.15) is 16.7 Å². The molecule has 2 aromatic rings. The van der Waals surface area contributed by atoms with Gasteiger partial charge in [0.25, 0.3) is 5.69 Å². The summed E-state index contributed by atoms with van der Waals surface area (Å²) in [5.41, 5.74) is 2.86. The second-order valence-corrected chi connectivity index (χ2v) is 4.72. The molecule has 104 valence electrons. The molecule has 0 saturated carbocycles. The van der Waals surface area contributed by atoms with E-state index in [0.717, 1.165) is 5.56 Å². The molecule has 5 heteroatoms. The lowest BCUT2D eigenvalue weighted by Crippen LogP contribution is -1.99. The minimum Gasteiger partial charge on any atom is -0.489 e. The van der Waals surface area contributed by atoms with Crippen LogP contribution in [0.25, 0.3) is 0 Å². The standard InChI is InChI=1S/C15H14ClNO3/c1-11-2-4-12(5-3-11)10-20-15-7-6-14(17(18)19)8-13(15)9-16/h2-8H,9-10H2,1H3. The van der Waals surface area contributed by atoms with Gasteiger partial charge in [0.05, 0.1) is 10.8 Å². The van der Waals surface area contributed by atoms with Crippen molar-refractivity contribution in [2.45, 2.75) is 19.4 Å². The van der Waals surface area contributed by atoms with E-state index in [0.29, 0.717) is 17.9 Å². The van der Waals surface area contributed by atoms with E-state index in [2.05, 4.69) is 0 Å². The first-order valence-corrected chi connectivity index (χ1v) is 6.65. The first kappa shape index (κ1) is 14.3. The molecule has 0 N–H and O–H groups in total. The molecule has 4 nitrogen and oxygen atoms in total. The average molecular weight is 292 g/mol. The summed E-state index contributed by atoms with van der Waals surface area (Å²) >= 11 is 5.81. The van der Waals surface area contributed by atoms with Crippen molar-refractivity contribution in [2.75, 3.05) is 0 Å². The highest BCUT2D eigenvalue weighted by Gasteiger charge is 2.11. The third kappa shape index (κ3) is 3.48. The highest BCUT2D eigenvalue weighted by molar-refractivity contribution is 6.17. The fourth-order valence-corrected chi connectivity index (χ4v) is 1.98. The SMILES string of the molecule is Cc1ccc(COc2ccc([N+](=O)[O-])cc2CCl)cc1. The zero-order valence-corrected chi connectivity index (χ0v) is 11.8. The van der Waals surface area contributed by atoms with E-state index in [1.54, 1.807) is 6.07 Å². The number of nitro benzene ring substituents is 1. The van der Waals surface area contributed by atoms with Crippen LogP contribution < -0.4 is 4.74 Å². The van der Waals surface area contributed by atoms with E-state index in [1.165, 1.54) is 17.7 Å². The number of nitrogens with zero attached hydrogens (tertiary/aromatic N) is 1. The van der Waals surface area contributed by atoms with Gasteiger partial charge in [-0.1, -0.05) is 29.8 Å². The average Bonchev–Trinajstić information content (AvgIpc) is 2.46. The maximum absolute atomic E-state index is 10.7. The monoisotopic (exact) mass is 291 g/mol. The van der Waals surface area contributed by atoms with Gasteiger partial charge >= 0.3 is 0 Å². The van der Waals surface area contributed by atoms with E-state index in [4.69, 9.17) is 16.3 Å². The van der Waals surface area contributed by atoms with Crippen molar-refractivity contribution >= 4 is 17.3 Å². The molecule has 20 heavy (non-hydrogen) atoms. The maximum atomic E-state index is 10.7. The number of benzene rings is 2. The highest BCUT2D eigenvalue weighted by atomic mass is 35.5. The fourth-order valence-electron chi connectivity index (χ4n) is 1.77. The van der Waals surface area contributed by atoms with Crippen molar-refractivity contribution in [1.29, 1.82) is 0 Å². The summed E-state index contributed by atoms with van der Waals surface area (Å²) in [4.78, 5) is 10.3.